The molecule has 3 fully saturated rings. The molecule has 5 rings (SSSR count). The molecule has 6 nitrogen and oxygen atoms in total. The molecule has 294 valence electrons. The lowest BCUT2D eigenvalue weighted by Crippen LogP contribution is -2.70. The largest absolute Gasteiger partial charge is 0.411 e. The van der Waals surface area contributed by atoms with Crippen LogP contribution in [0.15, 0.2) is 72.8 Å². The summed E-state index contributed by atoms with van der Waals surface area (Å²) in [5.74, 6) is 1.81. The molecule has 0 amide bonds. The Morgan fingerprint density at radius 3 is 1.94 bits per heavy atom. The first kappa shape index (κ1) is 42.9. The second-order valence-corrected chi connectivity index (χ2v) is 30.5. The molecule has 3 saturated heterocycles. The Balaban J connectivity index is 1.41. The van der Waals surface area contributed by atoms with Crippen LogP contribution in [0.5, 0.6) is 0 Å². The van der Waals surface area contributed by atoms with E-state index in [1.807, 2.05) is 23.5 Å². The molecule has 0 aliphatic carbocycles. The number of fused-ring (bicyclic) bond motifs is 2. The summed E-state index contributed by atoms with van der Waals surface area (Å²) >= 11 is 3.64. The van der Waals surface area contributed by atoms with Crippen molar-refractivity contribution < 1.29 is 27.9 Å². The molecule has 0 N–H and O–H groups in total. The van der Waals surface area contributed by atoms with E-state index < -0.39 is 28.3 Å². The fraction of sp³-hybridized carbons (Fsp3) is 0.651. The Bertz CT molecular complexity index is 1480. The number of carbonyl (C=O) groups is 1. The first-order valence-corrected chi connectivity index (χ1v) is 26.5. The summed E-state index contributed by atoms with van der Waals surface area (Å²) in [7, 11) is -4.93. The van der Waals surface area contributed by atoms with Gasteiger partial charge in [-0.25, -0.2) is 0 Å². The quantitative estimate of drug-likeness (QED) is 0.0813. The van der Waals surface area contributed by atoms with E-state index in [1.54, 1.807) is 0 Å². The molecule has 2 aromatic rings. The normalized spacial score (nSPS) is 29.2. The maximum Gasteiger partial charge on any atom is 0.261 e. The Morgan fingerprint density at radius 1 is 0.887 bits per heavy atom. The number of ether oxygens (including phenoxy) is 3. The number of carbonyl (C=O) groups excluding carboxylic acids is 1. The van der Waals surface area contributed by atoms with Gasteiger partial charge in [-0.2, -0.15) is 0 Å². The minimum Gasteiger partial charge on any atom is -0.411 e. The Hall–Kier alpha value is -1.22. The van der Waals surface area contributed by atoms with Gasteiger partial charge >= 0.3 is 0 Å². The van der Waals surface area contributed by atoms with Gasteiger partial charge in [-0.15, -0.1) is 23.5 Å². The van der Waals surface area contributed by atoms with Gasteiger partial charge in [0.15, 0.2) is 14.6 Å². The lowest BCUT2D eigenvalue weighted by atomic mass is 9.77. The van der Waals surface area contributed by atoms with Gasteiger partial charge in [0.05, 0.1) is 41.2 Å². The van der Waals surface area contributed by atoms with Gasteiger partial charge < -0.3 is 27.9 Å². The van der Waals surface area contributed by atoms with Gasteiger partial charge in [0.1, 0.15) is 11.7 Å². The zero-order chi connectivity index (χ0) is 38.9. The molecular formula is C43H66O6S2Si2. The van der Waals surface area contributed by atoms with Gasteiger partial charge in [0.2, 0.25) is 0 Å². The van der Waals surface area contributed by atoms with E-state index in [1.165, 1.54) is 10.4 Å². The smallest absolute Gasteiger partial charge is 0.261 e. The van der Waals surface area contributed by atoms with E-state index in [4.69, 9.17) is 23.1 Å². The first-order valence-electron chi connectivity index (χ1n) is 19.7. The maximum atomic E-state index is 12.5. The van der Waals surface area contributed by atoms with E-state index in [0.29, 0.717) is 25.9 Å². The summed E-state index contributed by atoms with van der Waals surface area (Å²) in [6, 6.07) is 21.5. The van der Waals surface area contributed by atoms with Crippen molar-refractivity contribution in [2.24, 2.45) is 0 Å². The molecule has 0 bridgehead atoms. The third-order valence-electron chi connectivity index (χ3n) is 12.2. The van der Waals surface area contributed by atoms with Crippen LogP contribution >= 0.6 is 23.5 Å². The molecule has 3 aliphatic heterocycles. The summed E-state index contributed by atoms with van der Waals surface area (Å²) in [4.78, 5) is 12.5. The first-order chi connectivity index (χ1) is 24.9. The lowest BCUT2D eigenvalue weighted by Gasteiger charge is -2.59. The number of benzene rings is 2. The van der Waals surface area contributed by atoms with Crippen LogP contribution in [0.3, 0.4) is 0 Å². The molecule has 3 heterocycles. The van der Waals surface area contributed by atoms with Crippen molar-refractivity contribution in [2.75, 3.05) is 18.1 Å². The summed E-state index contributed by atoms with van der Waals surface area (Å²) in [5, 5.41) is 2.42. The van der Waals surface area contributed by atoms with Crippen LogP contribution in [0, 0.1) is 0 Å². The van der Waals surface area contributed by atoms with Gasteiger partial charge in [-0.1, -0.05) is 128 Å². The van der Waals surface area contributed by atoms with Crippen molar-refractivity contribution in [3.63, 3.8) is 0 Å². The number of hydrogen-bond acceptors (Lipinski definition) is 8. The zero-order valence-corrected chi connectivity index (χ0v) is 37.9. The highest BCUT2D eigenvalue weighted by atomic mass is 32.2. The predicted molar refractivity (Wildman–Crippen MR) is 229 cm³/mol. The second-order valence-electron chi connectivity index (χ2n) is 17.9. The fourth-order valence-electron chi connectivity index (χ4n) is 8.44. The average Bonchev–Trinajstić information content (AvgIpc) is 3.08. The van der Waals surface area contributed by atoms with Crippen LogP contribution in [0.2, 0.25) is 23.2 Å². The third-order valence-corrected chi connectivity index (χ3v) is 24.7. The highest BCUT2D eigenvalue weighted by Crippen LogP contribution is 2.54. The summed E-state index contributed by atoms with van der Waals surface area (Å²) in [6.45, 7) is 30.0. The number of thioether (sulfide) groups is 2. The summed E-state index contributed by atoms with van der Waals surface area (Å²) < 4.78 is 35.2. The van der Waals surface area contributed by atoms with Crippen LogP contribution in [0.4, 0.5) is 0 Å². The molecule has 3 aliphatic rings. The van der Waals surface area contributed by atoms with Gasteiger partial charge in [0, 0.05) is 19.3 Å². The van der Waals surface area contributed by atoms with Crippen LogP contribution in [0.1, 0.15) is 88.0 Å². The maximum absolute atomic E-state index is 12.5. The fourth-order valence-corrected chi connectivity index (χ4v) is 17.5. The molecule has 0 aromatic heterocycles. The monoisotopic (exact) mass is 798 g/mol. The second kappa shape index (κ2) is 16.7. The molecule has 0 spiro atoms. The van der Waals surface area contributed by atoms with E-state index in [9.17, 15) is 4.79 Å². The molecular weight excluding hydrogens is 733 g/mol. The van der Waals surface area contributed by atoms with Crippen molar-refractivity contribution in [2.45, 2.75) is 157 Å². The van der Waals surface area contributed by atoms with Crippen LogP contribution in [-0.4, -0.2) is 87.3 Å². The Kier molecular flexibility index (Phi) is 13.5. The van der Waals surface area contributed by atoms with Crippen molar-refractivity contribution in [3.8, 4) is 0 Å². The minimum atomic E-state index is -2.73. The third kappa shape index (κ3) is 8.71. The Labute approximate surface area is 331 Å². The van der Waals surface area contributed by atoms with Gasteiger partial charge in [-0.3, -0.25) is 0 Å². The SMILES string of the molecule is C=C(CO[Si](c1ccccc1)(c1ccccc1)C(C)(C)C)C[C@@H]1C[C@H](O[Si](C)(C)C(C)(C)C)[C@]2(C)O[C@@H]3CC(SCC)(SCC)[C@@H](C=O)O[C@H]3C[C@H]2O1. The van der Waals surface area contributed by atoms with Crippen molar-refractivity contribution >= 4 is 56.8 Å². The van der Waals surface area contributed by atoms with Crippen LogP contribution in [0.25, 0.3) is 0 Å². The van der Waals surface area contributed by atoms with E-state index in [0.717, 1.165) is 29.8 Å². The van der Waals surface area contributed by atoms with Crippen molar-refractivity contribution in [1.29, 1.82) is 0 Å². The van der Waals surface area contributed by atoms with Crippen molar-refractivity contribution in [1.82, 2.24) is 0 Å². The van der Waals surface area contributed by atoms with E-state index >= 15 is 0 Å². The number of hydrogen-bond donors (Lipinski definition) is 0. The highest BCUT2D eigenvalue weighted by molar-refractivity contribution is 8.18. The molecule has 0 unspecified atom stereocenters. The molecule has 10 heteroatoms. The van der Waals surface area contributed by atoms with Crippen molar-refractivity contribution in [3.05, 3.63) is 72.8 Å². The topological polar surface area (TPSA) is 63.2 Å². The molecule has 0 radical (unpaired) electrons. The molecule has 0 saturated carbocycles. The van der Waals surface area contributed by atoms with E-state index in [2.05, 4.69) is 143 Å². The molecule has 2 aromatic carbocycles. The van der Waals surface area contributed by atoms with E-state index in [-0.39, 0.29) is 44.7 Å². The molecule has 53 heavy (non-hydrogen) atoms. The zero-order valence-electron chi connectivity index (χ0n) is 34.2. The average molecular weight is 799 g/mol. The molecule has 7 atom stereocenters. The van der Waals surface area contributed by atoms with Crippen LogP contribution in [-0.2, 0) is 27.9 Å². The number of rotatable bonds is 14. The van der Waals surface area contributed by atoms with Gasteiger partial charge in [0.25, 0.3) is 8.32 Å². The standard InChI is InChI=1S/C43H66O6S2Si2/c1-13-50-43(51-14-2)28-36-35(47-39(43)29-44)27-37-42(10,48-36)38(49-52(11,12)40(4,5)6)26-32(46-37)25-31(3)30-45-53(41(7,8)9,33-21-17-15-18-22-33)34-23-19-16-20-24-34/h15-24,29,32,35-39H,3,13-14,25-28,30H2,1-2,4-12H3/t32-,35+,36-,37-,38+,39-,42-/m1/s1. The highest BCUT2D eigenvalue weighted by Gasteiger charge is 2.61. The summed E-state index contributed by atoms with van der Waals surface area (Å²) in [5.41, 5.74) is 0.358. The lowest BCUT2D eigenvalue weighted by molar-refractivity contribution is -0.311. The van der Waals surface area contributed by atoms with Crippen LogP contribution < -0.4 is 10.4 Å². The number of aldehydes is 1. The predicted octanol–water partition coefficient (Wildman–Crippen LogP) is 9.16. The minimum absolute atomic E-state index is 0.0346. The van der Waals surface area contributed by atoms with Gasteiger partial charge in [-0.05, 0) is 58.4 Å². The Morgan fingerprint density at radius 2 is 1.45 bits per heavy atom. The summed E-state index contributed by atoms with van der Waals surface area (Å²) in [6.07, 6.45) is 2.42.